The van der Waals surface area contributed by atoms with E-state index in [-0.39, 0.29) is 11.9 Å². The Morgan fingerprint density at radius 3 is 2.52 bits per heavy atom. The van der Waals surface area contributed by atoms with Crippen molar-refractivity contribution in [1.29, 1.82) is 0 Å². The summed E-state index contributed by atoms with van der Waals surface area (Å²) >= 11 is 0. The van der Waals surface area contributed by atoms with E-state index in [1.54, 1.807) is 0 Å². The van der Waals surface area contributed by atoms with Gasteiger partial charge in [-0.1, -0.05) is 19.8 Å². The molecule has 0 N–H and O–H groups in total. The summed E-state index contributed by atoms with van der Waals surface area (Å²) in [6.07, 6.45) is 4.02. The predicted octanol–water partition coefficient (Wildman–Crippen LogP) is 2.78. The van der Waals surface area contributed by atoms with Crippen molar-refractivity contribution in [2.45, 2.75) is 71.8 Å². The summed E-state index contributed by atoms with van der Waals surface area (Å²) in [7, 11) is 0. The molecule has 0 radical (unpaired) electrons. The van der Waals surface area contributed by atoms with Crippen molar-refractivity contribution >= 4 is 17.9 Å². The molecule has 1 atom stereocenters. The van der Waals surface area contributed by atoms with Gasteiger partial charge in [0.05, 0.1) is 18.6 Å². The van der Waals surface area contributed by atoms with Gasteiger partial charge in [0.2, 0.25) is 6.10 Å². The maximum Gasteiger partial charge on any atom is 0.347 e. The minimum absolute atomic E-state index is 0.160. The first-order chi connectivity index (χ1) is 10.9. The minimum atomic E-state index is -0.719. The highest BCUT2D eigenvalue weighted by molar-refractivity contribution is 5.80. The lowest BCUT2D eigenvalue weighted by Crippen LogP contribution is -2.26. The molecular weight excluding hydrogens is 300 g/mol. The number of esters is 3. The number of ether oxygens (including phenoxy) is 3. The third-order valence-corrected chi connectivity index (χ3v) is 4.11. The lowest BCUT2D eigenvalue weighted by molar-refractivity contribution is -0.160. The van der Waals surface area contributed by atoms with Gasteiger partial charge >= 0.3 is 17.9 Å². The van der Waals surface area contributed by atoms with Crippen LogP contribution in [0.3, 0.4) is 0 Å². The molecule has 0 aromatic rings. The molecule has 1 unspecified atom stereocenters. The second-order valence-electron chi connectivity index (χ2n) is 6.47. The molecule has 1 rings (SSSR count). The molecule has 0 saturated carbocycles. The number of carbonyl (C=O) groups is 3. The van der Waals surface area contributed by atoms with Gasteiger partial charge in [-0.3, -0.25) is 9.59 Å². The highest BCUT2D eigenvalue weighted by atomic mass is 16.6. The Balaban J connectivity index is 2.00. The van der Waals surface area contributed by atoms with Gasteiger partial charge in [-0.05, 0) is 33.1 Å². The Labute approximate surface area is 137 Å². The molecule has 1 fully saturated rings. The Hall–Kier alpha value is -1.59. The summed E-state index contributed by atoms with van der Waals surface area (Å²) in [6.45, 7) is 6.46. The lowest BCUT2D eigenvalue weighted by atomic mass is 9.91. The van der Waals surface area contributed by atoms with Crippen molar-refractivity contribution in [2.24, 2.45) is 5.41 Å². The Kier molecular flexibility index (Phi) is 8.06. The first-order valence-corrected chi connectivity index (χ1v) is 8.40. The van der Waals surface area contributed by atoms with Crippen molar-refractivity contribution in [2.75, 3.05) is 13.2 Å². The number of unbranched alkanes of at least 4 members (excludes halogenated alkanes) is 3. The molecule has 6 nitrogen and oxygen atoms in total. The summed E-state index contributed by atoms with van der Waals surface area (Å²) in [5, 5.41) is 0. The quantitative estimate of drug-likeness (QED) is 0.348. The fourth-order valence-electron chi connectivity index (χ4n) is 2.03. The van der Waals surface area contributed by atoms with Crippen LogP contribution in [0.4, 0.5) is 0 Å². The van der Waals surface area contributed by atoms with E-state index in [1.165, 1.54) is 0 Å². The molecule has 132 valence electrons. The van der Waals surface area contributed by atoms with E-state index < -0.39 is 17.5 Å². The molecule has 1 heterocycles. The monoisotopic (exact) mass is 328 g/mol. The standard InChI is InChI=1S/C17H28O6/c1-4-17(2,3)16(20)22-11-8-6-5-7-9-14(18)23-13-10-12-21-15(13)19/h13H,4-12H2,1-3H3. The lowest BCUT2D eigenvalue weighted by Gasteiger charge is -2.20. The average molecular weight is 328 g/mol. The number of hydrogen-bond donors (Lipinski definition) is 0. The Bertz CT molecular complexity index is 415. The van der Waals surface area contributed by atoms with E-state index in [1.807, 2.05) is 20.8 Å². The van der Waals surface area contributed by atoms with Crippen LogP contribution < -0.4 is 0 Å². The molecule has 0 amide bonds. The van der Waals surface area contributed by atoms with Crippen LogP contribution in [-0.4, -0.2) is 37.2 Å². The molecule has 23 heavy (non-hydrogen) atoms. The van der Waals surface area contributed by atoms with E-state index in [0.717, 1.165) is 25.7 Å². The van der Waals surface area contributed by atoms with E-state index in [9.17, 15) is 14.4 Å². The summed E-state index contributed by atoms with van der Waals surface area (Å²) in [6, 6.07) is 0. The van der Waals surface area contributed by atoms with Crippen molar-refractivity contribution in [3.63, 3.8) is 0 Å². The van der Waals surface area contributed by atoms with Gasteiger partial charge in [0.25, 0.3) is 0 Å². The van der Waals surface area contributed by atoms with Crippen molar-refractivity contribution < 1.29 is 28.6 Å². The number of carbonyl (C=O) groups excluding carboxylic acids is 3. The van der Waals surface area contributed by atoms with E-state index in [2.05, 4.69) is 0 Å². The van der Waals surface area contributed by atoms with Crippen LogP contribution in [0.1, 0.15) is 65.7 Å². The smallest absolute Gasteiger partial charge is 0.347 e. The Morgan fingerprint density at radius 2 is 1.91 bits per heavy atom. The number of hydrogen-bond acceptors (Lipinski definition) is 6. The predicted molar refractivity (Wildman–Crippen MR) is 83.6 cm³/mol. The van der Waals surface area contributed by atoms with Crippen molar-refractivity contribution in [3.8, 4) is 0 Å². The van der Waals surface area contributed by atoms with Crippen LogP contribution in [0.25, 0.3) is 0 Å². The van der Waals surface area contributed by atoms with E-state index in [0.29, 0.717) is 32.5 Å². The molecule has 1 saturated heterocycles. The fourth-order valence-corrected chi connectivity index (χ4v) is 2.03. The van der Waals surface area contributed by atoms with Crippen LogP contribution in [0.2, 0.25) is 0 Å². The van der Waals surface area contributed by atoms with Crippen LogP contribution in [0, 0.1) is 5.41 Å². The normalized spacial score (nSPS) is 17.7. The first-order valence-electron chi connectivity index (χ1n) is 8.40. The Morgan fingerprint density at radius 1 is 1.22 bits per heavy atom. The van der Waals surface area contributed by atoms with Gasteiger partial charge in [0.15, 0.2) is 0 Å². The highest BCUT2D eigenvalue weighted by Gasteiger charge is 2.30. The fraction of sp³-hybridized carbons (Fsp3) is 0.824. The summed E-state index contributed by atoms with van der Waals surface area (Å²) in [5.74, 6) is -0.966. The largest absolute Gasteiger partial charge is 0.465 e. The van der Waals surface area contributed by atoms with Crippen LogP contribution in [0.15, 0.2) is 0 Å². The summed E-state index contributed by atoms with van der Waals surface area (Å²) in [4.78, 5) is 34.5. The second kappa shape index (κ2) is 9.53. The zero-order chi connectivity index (χ0) is 17.3. The van der Waals surface area contributed by atoms with E-state index in [4.69, 9.17) is 14.2 Å². The van der Waals surface area contributed by atoms with Crippen molar-refractivity contribution in [3.05, 3.63) is 0 Å². The zero-order valence-corrected chi connectivity index (χ0v) is 14.4. The van der Waals surface area contributed by atoms with Gasteiger partial charge in [0, 0.05) is 12.8 Å². The van der Waals surface area contributed by atoms with Crippen molar-refractivity contribution in [1.82, 2.24) is 0 Å². The first kappa shape index (κ1) is 19.5. The molecule has 0 aromatic carbocycles. The molecule has 0 aromatic heterocycles. The van der Waals surface area contributed by atoms with Gasteiger partial charge in [-0.15, -0.1) is 0 Å². The molecule has 0 spiro atoms. The second-order valence-corrected chi connectivity index (χ2v) is 6.47. The molecular formula is C17H28O6. The highest BCUT2D eigenvalue weighted by Crippen LogP contribution is 2.21. The molecule has 1 aliphatic rings. The summed E-state index contributed by atoms with van der Waals surface area (Å²) < 4.78 is 15.0. The maximum atomic E-state index is 11.7. The van der Waals surface area contributed by atoms with Gasteiger partial charge in [0.1, 0.15) is 0 Å². The maximum absolute atomic E-state index is 11.7. The van der Waals surface area contributed by atoms with Gasteiger partial charge in [-0.2, -0.15) is 0 Å². The SMILES string of the molecule is CCC(C)(C)C(=O)OCCCCCCC(=O)OC1CCOC1=O. The molecule has 6 heteroatoms. The number of cyclic esters (lactones) is 1. The average Bonchev–Trinajstić information content (AvgIpc) is 2.91. The third kappa shape index (κ3) is 7.01. The van der Waals surface area contributed by atoms with Crippen LogP contribution in [-0.2, 0) is 28.6 Å². The molecule has 0 bridgehead atoms. The van der Waals surface area contributed by atoms with Crippen LogP contribution >= 0.6 is 0 Å². The van der Waals surface area contributed by atoms with E-state index >= 15 is 0 Å². The third-order valence-electron chi connectivity index (χ3n) is 4.11. The summed E-state index contributed by atoms with van der Waals surface area (Å²) in [5.41, 5.74) is -0.425. The zero-order valence-electron chi connectivity index (χ0n) is 14.4. The molecule has 1 aliphatic heterocycles. The minimum Gasteiger partial charge on any atom is -0.465 e. The molecule has 0 aliphatic carbocycles. The number of rotatable bonds is 10. The topological polar surface area (TPSA) is 78.9 Å². The van der Waals surface area contributed by atoms with Gasteiger partial charge in [-0.25, -0.2) is 4.79 Å². The van der Waals surface area contributed by atoms with Gasteiger partial charge < -0.3 is 14.2 Å². The van der Waals surface area contributed by atoms with Crippen LogP contribution in [0.5, 0.6) is 0 Å².